The Morgan fingerprint density at radius 1 is 1.38 bits per heavy atom. The lowest BCUT2D eigenvalue weighted by atomic mass is 9.96. The van der Waals surface area contributed by atoms with E-state index in [2.05, 4.69) is 42.0 Å². The molecule has 0 fully saturated rings. The van der Waals surface area contributed by atoms with Crippen LogP contribution < -0.4 is 5.32 Å². The average molecular weight is 288 g/mol. The maximum Gasteiger partial charge on any atom is 0.124 e. The Kier molecular flexibility index (Phi) is 5.42. The third-order valence-electron chi connectivity index (χ3n) is 2.58. The first-order valence-electron chi connectivity index (χ1n) is 5.74. The first-order valence-corrected chi connectivity index (χ1v) is 6.54. The first kappa shape index (κ1) is 13.7. The predicted molar refractivity (Wildman–Crippen MR) is 70.0 cm³/mol. The van der Waals surface area contributed by atoms with Gasteiger partial charge in [-0.1, -0.05) is 42.8 Å². The fourth-order valence-electron chi connectivity index (χ4n) is 1.76. The number of halogens is 2. The Morgan fingerprint density at radius 3 is 2.56 bits per heavy atom. The van der Waals surface area contributed by atoms with E-state index in [0.717, 1.165) is 23.0 Å². The van der Waals surface area contributed by atoms with Crippen molar-refractivity contribution in [3.05, 3.63) is 34.1 Å². The van der Waals surface area contributed by atoms with E-state index in [1.54, 1.807) is 0 Å². The van der Waals surface area contributed by atoms with Crippen molar-refractivity contribution in [3.8, 4) is 0 Å². The Balaban J connectivity index is 2.92. The van der Waals surface area contributed by atoms with E-state index in [0.29, 0.717) is 5.92 Å². The normalized spacial score (nSPS) is 13.1. The van der Waals surface area contributed by atoms with Crippen LogP contribution in [-0.4, -0.2) is 6.54 Å². The summed E-state index contributed by atoms with van der Waals surface area (Å²) in [5.41, 5.74) is 1.13. The van der Waals surface area contributed by atoms with Gasteiger partial charge in [-0.15, -0.1) is 0 Å². The van der Waals surface area contributed by atoms with Crippen LogP contribution in [-0.2, 0) is 0 Å². The quantitative estimate of drug-likeness (QED) is 0.852. The summed E-state index contributed by atoms with van der Waals surface area (Å²) in [7, 11) is 0. The predicted octanol–water partition coefficient (Wildman–Crippen LogP) is 4.28. The van der Waals surface area contributed by atoms with Gasteiger partial charge in [0.15, 0.2) is 0 Å². The van der Waals surface area contributed by atoms with E-state index in [4.69, 9.17) is 0 Å². The summed E-state index contributed by atoms with van der Waals surface area (Å²) in [5.74, 6) is 0.280. The zero-order valence-corrected chi connectivity index (χ0v) is 11.6. The maximum absolute atomic E-state index is 13.0. The molecule has 1 rings (SSSR count). The van der Waals surface area contributed by atoms with Crippen LogP contribution in [0.5, 0.6) is 0 Å². The second-order valence-electron chi connectivity index (χ2n) is 4.34. The van der Waals surface area contributed by atoms with E-state index in [1.807, 2.05) is 6.07 Å². The molecule has 0 saturated carbocycles. The number of rotatable bonds is 5. The molecule has 0 aliphatic rings. The van der Waals surface area contributed by atoms with Gasteiger partial charge in [0.2, 0.25) is 0 Å². The highest BCUT2D eigenvalue weighted by Crippen LogP contribution is 2.29. The zero-order chi connectivity index (χ0) is 12.1. The number of hydrogen-bond acceptors (Lipinski definition) is 1. The SMILES string of the molecule is CCCNC(c1ccc(F)cc1Br)C(C)C. The van der Waals surface area contributed by atoms with Crippen LogP contribution in [0.4, 0.5) is 4.39 Å². The summed E-state index contributed by atoms with van der Waals surface area (Å²) in [5, 5.41) is 3.49. The molecule has 0 amide bonds. The van der Waals surface area contributed by atoms with Gasteiger partial charge < -0.3 is 5.32 Å². The Morgan fingerprint density at radius 2 is 2.06 bits per heavy atom. The lowest BCUT2D eigenvalue weighted by Gasteiger charge is -2.24. The zero-order valence-electron chi connectivity index (χ0n) is 10.1. The Labute approximate surface area is 106 Å². The molecule has 0 heterocycles. The first-order chi connectivity index (χ1) is 7.56. The molecule has 1 aromatic carbocycles. The minimum absolute atomic E-state index is 0.200. The van der Waals surface area contributed by atoms with Gasteiger partial charge >= 0.3 is 0 Å². The van der Waals surface area contributed by atoms with E-state index >= 15 is 0 Å². The van der Waals surface area contributed by atoms with Gasteiger partial charge in [0.1, 0.15) is 5.82 Å². The van der Waals surface area contributed by atoms with Gasteiger partial charge in [-0.05, 0) is 36.6 Å². The van der Waals surface area contributed by atoms with Crippen LogP contribution in [0.1, 0.15) is 38.8 Å². The molecule has 90 valence electrons. The van der Waals surface area contributed by atoms with Crippen molar-refractivity contribution in [3.63, 3.8) is 0 Å². The molecule has 1 atom stereocenters. The molecule has 0 radical (unpaired) electrons. The lowest BCUT2D eigenvalue weighted by Crippen LogP contribution is -2.26. The molecule has 0 saturated heterocycles. The molecule has 0 spiro atoms. The van der Waals surface area contributed by atoms with Gasteiger partial charge in [0, 0.05) is 10.5 Å². The molecular formula is C13H19BrFN. The molecule has 16 heavy (non-hydrogen) atoms. The van der Waals surface area contributed by atoms with E-state index in [-0.39, 0.29) is 11.9 Å². The topological polar surface area (TPSA) is 12.0 Å². The smallest absolute Gasteiger partial charge is 0.124 e. The van der Waals surface area contributed by atoms with E-state index in [9.17, 15) is 4.39 Å². The van der Waals surface area contributed by atoms with Crippen molar-refractivity contribution in [2.75, 3.05) is 6.54 Å². The van der Waals surface area contributed by atoms with Gasteiger partial charge in [-0.25, -0.2) is 4.39 Å². The van der Waals surface area contributed by atoms with Crippen molar-refractivity contribution in [1.29, 1.82) is 0 Å². The highest BCUT2D eigenvalue weighted by atomic mass is 79.9. The highest BCUT2D eigenvalue weighted by molar-refractivity contribution is 9.10. The van der Waals surface area contributed by atoms with Gasteiger partial charge in [0.25, 0.3) is 0 Å². The summed E-state index contributed by atoms with van der Waals surface area (Å²) >= 11 is 3.43. The van der Waals surface area contributed by atoms with Crippen LogP contribution >= 0.6 is 15.9 Å². The number of hydrogen-bond donors (Lipinski definition) is 1. The van der Waals surface area contributed by atoms with Crippen molar-refractivity contribution in [1.82, 2.24) is 5.32 Å². The minimum atomic E-state index is -0.200. The van der Waals surface area contributed by atoms with Crippen molar-refractivity contribution in [2.45, 2.75) is 33.2 Å². The summed E-state index contributed by atoms with van der Waals surface area (Å²) in [6, 6.07) is 5.17. The monoisotopic (exact) mass is 287 g/mol. The Bertz CT molecular complexity index is 339. The molecule has 0 aromatic heterocycles. The molecule has 1 N–H and O–H groups in total. The van der Waals surface area contributed by atoms with Crippen LogP contribution in [0, 0.1) is 11.7 Å². The molecule has 0 aliphatic carbocycles. The van der Waals surface area contributed by atoms with Crippen molar-refractivity contribution >= 4 is 15.9 Å². The van der Waals surface area contributed by atoms with Crippen molar-refractivity contribution < 1.29 is 4.39 Å². The second kappa shape index (κ2) is 6.36. The number of nitrogens with one attached hydrogen (secondary N) is 1. The summed E-state index contributed by atoms with van der Waals surface area (Å²) in [6.45, 7) is 7.46. The molecule has 1 aromatic rings. The average Bonchev–Trinajstić information content (AvgIpc) is 2.20. The van der Waals surface area contributed by atoms with Gasteiger partial charge in [-0.3, -0.25) is 0 Å². The summed E-state index contributed by atoms with van der Waals surface area (Å²) in [4.78, 5) is 0. The fourth-order valence-corrected chi connectivity index (χ4v) is 2.36. The molecule has 1 nitrogen and oxygen atoms in total. The van der Waals surface area contributed by atoms with E-state index in [1.165, 1.54) is 12.1 Å². The van der Waals surface area contributed by atoms with Crippen molar-refractivity contribution in [2.24, 2.45) is 5.92 Å². The summed E-state index contributed by atoms with van der Waals surface area (Å²) < 4.78 is 13.9. The molecule has 3 heteroatoms. The maximum atomic E-state index is 13.0. The minimum Gasteiger partial charge on any atom is -0.310 e. The molecular weight excluding hydrogens is 269 g/mol. The molecule has 1 unspecified atom stereocenters. The van der Waals surface area contributed by atoms with Crippen LogP contribution in [0.3, 0.4) is 0 Å². The van der Waals surface area contributed by atoms with Crippen LogP contribution in [0.25, 0.3) is 0 Å². The fraction of sp³-hybridized carbons (Fsp3) is 0.538. The van der Waals surface area contributed by atoms with Crippen LogP contribution in [0.15, 0.2) is 22.7 Å². The lowest BCUT2D eigenvalue weighted by molar-refractivity contribution is 0.411. The number of benzene rings is 1. The third kappa shape index (κ3) is 3.56. The third-order valence-corrected chi connectivity index (χ3v) is 3.27. The molecule has 0 bridgehead atoms. The van der Waals surface area contributed by atoms with Gasteiger partial charge in [0.05, 0.1) is 0 Å². The molecule has 0 aliphatic heterocycles. The van der Waals surface area contributed by atoms with E-state index < -0.39 is 0 Å². The van der Waals surface area contributed by atoms with Gasteiger partial charge in [-0.2, -0.15) is 0 Å². The van der Waals surface area contributed by atoms with Crippen LogP contribution in [0.2, 0.25) is 0 Å². The standard InChI is InChI=1S/C13H19BrFN/c1-4-7-16-13(9(2)3)11-6-5-10(15)8-12(11)14/h5-6,8-9,13,16H,4,7H2,1-3H3. The largest absolute Gasteiger partial charge is 0.310 e. The summed E-state index contributed by atoms with van der Waals surface area (Å²) in [6.07, 6.45) is 1.10. The highest BCUT2D eigenvalue weighted by Gasteiger charge is 2.17. The Hall–Kier alpha value is -0.410. The second-order valence-corrected chi connectivity index (χ2v) is 5.20.